The molecule has 3 aromatic rings. The molecular formula is C22H19BrN2O4. The van der Waals surface area contributed by atoms with E-state index < -0.39 is 0 Å². The van der Waals surface area contributed by atoms with E-state index in [0.29, 0.717) is 28.4 Å². The fourth-order valence-corrected chi connectivity index (χ4v) is 2.79. The topological polar surface area (TPSA) is 76.7 Å². The number of rotatable bonds is 7. The van der Waals surface area contributed by atoms with Crippen LogP contribution >= 0.6 is 15.9 Å². The van der Waals surface area contributed by atoms with Crippen molar-refractivity contribution in [1.82, 2.24) is 0 Å². The standard InChI is InChI=1S/C22H19BrN2O4/c1-28-18-12-10-17(11-13-18)25-22(27)19-4-2-3-5-20(19)29-14-21(26)24-16-8-6-15(23)7-9-16/h2-13H,14H2,1H3,(H,24,26)(H,25,27). The Morgan fingerprint density at radius 1 is 0.862 bits per heavy atom. The SMILES string of the molecule is COc1ccc(NC(=O)c2ccccc2OCC(=O)Nc2ccc(Br)cc2)cc1. The molecule has 0 aliphatic rings. The summed E-state index contributed by atoms with van der Waals surface area (Å²) in [6, 6.07) is 21.0. The van der Waals surface area contributed by atoms with Crippen molar-refractivity contribution in [3.63, 3.8) is 0 Å². The molecule has 0 heterocycles. The van der Waals surface area contributed by atoms with Crippen LogP contribution in [0.15, 0.2) is 77.3 Å². The van der Waals surface area contributed by atoms with Gasteiger partial charge in [0, 0.05) is 15.8 Å². The van der Waals surface area contributed by atoms with Crippen LogP contribution in [0, 0.1) is 0 Å². The Hall–Kier alpha value is -3.32. The minimum atomic E-state index is -0.334. The van der Waals surface area contributed by atoms with Crippen LogP contribution in [0.25, 0.3) is 0 Å². The number of hydrogen-bond acceptors (Lipinski definition) is 4. The van der Waals surface area contributed by atoms with Crippen LogP contribution in [0.1, 0.15) is 10.4 Å². The number of amides is 2. The first-order valence-electron chi connectivity index (χ1n) is 8.78. The molecule has 0 aliphatic heterocycles. The Morgan fingerprint density at radius 2 is 1.48 bits per heavy atom. The minimum absolute atomic E-state index is 0.219. The Labute approximate surface area is 177 Å². The first-order chi connectivity index (χ1) is 14.0. The number of methoxy groups -OCH3 is 1. The number of nitrogens with one attached hydrogen (secondary N) is 2. The highest BCUT2D eigenvalue weighted by atomic mass is 79.9. The molecule has 148 valence electrons. The van der Waals surface area contributed by atoms with Gasteiger partial charge in [-0.25, -0.2) is 0 Å². The lowest BCUT2D eigenvalue weighted by molar-refractivity contribution is -0.118. The van der Waals surface area contributed by atoms with Gasteiger partial charge in [0.25, 0.3) is 11.8 Å². The van der Waals surface area contributed by atoms with Crippen LogP contribution in [0.2, 0.25) is 0 Å². The fourth-order valence-electron chi connectivity index (χ4n) is 2.53. The summed E-state index contributed by atoms with van der Waals surface area (Å²) in [5.41, 5.74) is 1.62. The number of benzene rings is 3. The second-order valence-corrected chi connectivity index (χ2v) is 6.94. The number of ether oxygens (including phenoxy) is 2. The normalized spacial score (nSPS) is 10.1. The van der Waals surface area contributed by atoms with E-state index >= 15 is 0 Å². The fraction of sp³-hybridized carbons (Fsp3) is 0.0909. The molecule has 0 radical (unpaired) electrons. The predicted octanol–water partition coefficient (Wildman–Crippen LogP) is 4.73. The number of anilines is 2. The second kappa shape index (κ2) is 9.75. The van der Waals surface area contributed by atoms with Crippen molar-refractivity contribution >= 4 is 39.1 Å². The maximum atomic E-state index is 12.6. The maximum Gasteiger partial charge on any atom is 0.262 e. The summed E-state index contributed by atoms with van der Waals surface area (Å²) in [6.07, 6.45) is 0. The molecule has 0 saturated heterocycles. The van der Waals surface area contributed by atoms with Gasteiger partial charge in [-0.15, -0.1) is 0 Å². The highest BCUT2D eigenvalue weighted by Crippen LogP contribution is 2.21. The van der Waals surface area contributed by atoms with Gasteiger partial charge in [-0.3, -0.25) is 9.59 Å². The second-order valence-electron chi connectivity index (χ2n) is 6.02. The number of carbonyl (C=O) groups is 2. The van der Waals surface area contributed by atoms with Crippen LogP contribution in [0.3, 0.4) is 0 Å². The lowest BCUT2D eigenvalue weighted by Gasteiger charge is -2.12. The van der Waals surface area contributed by atoms with Crippen molar-refractivity contribution in [3.8, 4) is 11.5 Å². The molecule has 6 nitrogen and oxygen atoms in total. The quantitative estimate of drug-likeness (QED) is 0.540. The van der Waals surface area contributed by atoms with Crippen molar-refractivity contribution in [2.24, 2.45) is 0 Å². The van der Waals surface area contributed by atoms with Gasteiger partial charge in [0.1, 0.15) is 11.5 Å². The third-order valence-electron chi connectivity index (χ3n) is 3.97. The monoisotopic (exact) mass is 454 g/mol. The molecule has 0 atom stereocenters. The van der Waals surface area contributed by atoms with Gasteiger partial charge in [0.05, 0.1) is 12.7 Å². The van der Waals surface area contributed by atoms with Crippen LogP contribution in [0.5, 0.6) is 11.5 Å². The van der Waals surface area contributed by atoms with Gasteiger partial charge in [-0.2, -0.15) is 0 Å². The Balaban J connectivity index is 1.62. The van der Waals surface area contributed by atoms with Gasteiger partial charge < -0.3 is 20.1 Å². The minimum Gasteiger partial charge on any atom is -0.497 e. The van der Waals surface area contributed by atoms with Crippen molar-refractivity contribution in [2.75, 3.05) is 24.4 Å². The third-order valence-corrected chi connectivity index (χ3v) is 4.49. The lowest BCUT2D eigenvalue weighted by Crippen LogP contribution is -2.21. The van der Waals surface area contributed by atoms with Crippen molar-refractivity contribution < 1.29 is 19.1 Å². The molecule has 0 aromatic heterocycles. The molecule has 0 aliphatic carbocycles. The van der Waals surface area contributed by atoms with E-state index in [0.717, 1.165) is 4.47 Å². The van der Waals surface area contributed by atoms with Gasteiger partial charge in [-0.1, -0.05) is 28.1 Å². The summed E-state index contributed by atoms with van der Waals surface area (Å²) in [6.45, 7) is -0.219. The molecule has 0 bridgehead atoms. The zero-order valence-electron chi connectivity index (χ0n) is 15.6. The van der Waals surface area contributed by atoms with Crippen LogP contribution < -0.4 is 20.1 Å². The Kier molecular flexibility index (Phi) is 6.86. The maximum absolute atomic E-state index is 12.6. The van der Waals surface area contributed by atoms with E-state index in [9.17, 15) is 9.59 Å². The summed E-state index contributed by atoms with van der Waals surface area (Å²) in [4.78, 5) is 24.8. The summed E-state index contributed by atoms with van der Waals surface area (Å²) in [5.74, 6) is 0.366. The van der Waals surface area contributed by atoms with Crippen molar-refractivity contribution in [3.05, 3.63) is 82.8 Å². The number of halogens is 1. The average molecular weight is 455 g/mol. The highest BCUT2D eigenvalue weighted by molar-refractivity contribution is 9.10. The van der Waals surface area contributed by atoms with E-state index in [1.165, 1.54) is 0 Å². The van der Waals surface area contributed by atoms with Crippen molar-refractivity contribution in [2.45, 2.75) is 0 Å². The Morgan fingerprint density at radius 3 is 2.17 bits per heavy atom. The van der Waals surface area contributed by atoms with Gasteiger partial charge in [0.15, 0.2) is 6.61 Å². The van der Waals surface area contributed by atoms with Gasteiger partial charge in [-0.05, 0) is 60.7 Å². The molecule has 2 N–H and O–H groups in total. The summed E-state index contributed by atoms with van der Waals surface area (Å²) < 4.78 is 11.6. The molecule has 0 saturated carbocycles. The van der Waals surface area contributed by atoms with Gasteiger partial charge >= 0.3 is 0 Å². The van der Waals surface area contributed by atoms with E-state index in [1.54, 1.807) is 67.8 Å². The third kappa shape index (κ3) is 5.83. The number of hydrogen-bond donors (Lipinski definition) is 2. The molecule has 0 unspecified atom stereocenters. The molecule has 2 amide bonds. The summed E-state index contributed by atoms with van der Waals surface area (Å²) in [7, 11) is 1.58. The number of carbonyl (C=O) groups excluding carboxylic acids is 2. The van der Waals surface area contributed by atoms with Crippen LogP contribution in [-0.4, -0.2) is 25.5 Å². The summed E-state index contributed by atoms with van der Waals surface area (Å²) >= 11 is 3.34. The van der Waals surface area contributed by atoms with E-state index in [-0.39, 0.29) is 18.4 Å². The summed E-state index contributed by atoms with van der Waals surface area (Å²) in [5, 5.41) is 5.54. The zero-order chi connectivity index (χ0) is 20.6. The molecule has 29 heavy (non-hydrogen) atoms. The van der Waals surface area contributed by atoms with E-state index in [2.05, 4.69) is 26.6 Å². The van der Waals surface area contributed by atoms with Gasteiger partial charge in [0.2, 0.25) is 0 Å². The van der Waals surface area contributed by atoms with Crippen LogP contribution in [0.4, 0.5) is 11.4 Å². The zero-order valence-corrected chi connectivity index (χ0v) is 17.2. The van der Waals surface area contributed by atoms with E-state index in [1.807, 2.05) is 12.1 Å². The molecule has 0 spiro atoms. The highest BCUT2D eigenvalue weighted by Gasteiger charge is 2.14. The first-order valence-corrected chi connectivity index (χ1v) is 9.57. The van der Waals surface area contributed by atoms with E-state index in [4.69, 9.17) is 9.47 Å². The number of para-hydroxylation sites is 1. The molecule has 0 fully saturated rings. The molecule has 3 aromatic carbocycles. The predicted molar refractivity (Wildman–Crippen MR) is 116 cm³/mol. The Bertz CT molecular complexity index is 988. The lowest BCUT2D eigenvalue weighted by atomic mass is 10.2. The first kappa shape index (κ1) is 20.4. The molecule has 3 rings (SSSR count). The molecular weight excluding hydrogens is 436 g/mol. The molecule has 7 heteroatoms. The van der Waals surface area contributed by atoms with Crippen LogP contribution in [-0.2, 0) is 4.79 Å². The van der Waals surface area contributed by atoms with Crippen molar-refractivity contribution in [1.29, 1.82) is 0 Å². The smallest absolute Gasteiger partial charge is 0.262 e. The average Bonchev–Trinajstić information content (AvgIpc) is 2.74. The largest absolute Gasteiger partial charge is 0.497 e.